The Labute approximate surface area is 112 Å². The van der Waals surface area contributed by atoms with E-state index in [9.17, 15) is 5.11 Å². The number of hydrogen-bond donors (Lipinski definition) is 1. The second-order valence-corrected chi connectivity index (χ2v) is 6.39. The van der Waals surface area contributed by atoms with Crippen LogP contribution in [0.4, 0.5) is 0 Å². The van der Waals surface area contributed by atoms with Crippen LogP contribution in [0.1, 0.15) is 46.5 Å². The van der Waals surface area contributed by atoms with E-state index in [1.807, 2.05) is 0 Å². The van der Waals surface area contributed by atoms with Crippen LogP contribution in [0.2, 0.25) is 0 Å². The molecular weight excluding hydrogens is 224 g/mol. The highest BCUT2D eigenvalue weighted by molar-refractivity contribution is 4.89. The Morgan fingerprint density at radius 2 is 1.78 bits per heavy atom. The standard InChI is InChI=1S/C15H30N2O/c1-4-13-5-6-15(18)14(11-13)17-9-7-16(8-10-17)12(2)3/h12-15,18H,4-11H2,1-3H3. The van der Waals surface area contributed by atoms with Crippen molar-refractivity contribution in [1.29, 1.82) is 0 Å². The minimum Gasteiger partial charge on any atom is -0.391 e. The first kappa shape index (κ1) is 14.3. The van der Waals surface area contributed by atoms with E-state index < -0.39 is 0 Å². The molecule has 1 aliphatic carbocycles. The van der Waals surface area contributed by atoms with E-state index >= 15 is 0 Å². The number of aliphatic hydroxyl groups excluding tert-OH is 1. The minimum atomic E-state index is -0.0848. The smallest absolute Gasteiger partial charge is 0.0695 e. The van der Waals surface area contributed by atoms with Gasteiger partial charge in [-0.05, 0) is 39.0 Å². The quantitative estimate of drug-likeness (QED) is 0.834. The van der Waals surface area contributed by atoms with Gasteiger partial charge in [0.2, 0.25) is 0 Å². The van der Waals surface area contributed by atoms with Gasteiger partial charge in [-0.3, -0.25) is 9.80 Å². The van der Waals surface area contributed by atoms with Crippen molar-refractivity contribution in [2.75, 3.05) is 26.2 Å². The van der Waals surface area contributed by atoms with Crippen LogP contribution in [0.5, 0.6) is 0 Å². The predicted molar refractivity (Wildman–Crippen MR) is 75.7 cm³/mol. The van der Waals surface area contributed by atoms with Gasteiger partial charge in [-0.25, -0.2) is 0 Å². The molecule has 0 aromatic carbocycles. The van der Waals surface area contributed by atoms with Crippen LogP contribution in [-0.4, -0.2) is 59.3 Å². The fourth-order valence-corrected chi connectivity index (χ4v) is 3.56. The van der Waals surface area contributed by atoms with Gasteiger partial charge in [-0.1, -0.05) is 13.3 Å². The van der Waals surface area contributed by atoms with Crippen LogP contribution in [0.3, 0.4) is 0 Å². The summed E-state index contributed by atoms with van der Waals surface area (Å²) < 4.78 is 0. The van der Waals surface area contributed by atoms with Crippen molar-refractivity contribution >= 4 is 0 Å². The molecule has 106 valence electrons. The zero-order valence-corrected chi connectivity index (χ0v) is 12.3. The molecule has 1 N–H and O–H groups in total. The number of hydrogen-bond acceptors (Lipinski definition) is 3. The lowest BCUT2D eigenvalue weighted by Gasteiger charge is -2.45. The topological polar surface area (TPSA) is 26.7 Å². The largest absolute Gasteiger partial charge is 0.391 e. The third-order valence-electron chi connectivity index (χ3n) is 5.02. The zero-order chi connectivity index (χ0) is 13.1. The van der Waals surface area contributed by atoms with Crippen molar-refractivity contribution < 1.29 is 5.11 Å². The molecule has 2 aliphatic rings. The Hall–Kier alpha value is -0.120. The summed E-state index contributed by atoms with van der Waals surface area (Å²) in [6, 6.07) is 1.09. The van der Waals surface area contributed by atoms with E-state index in [-0.39, 0.29) is 6.10 Å². The summed E-state index contributed by atoms with van der Waals surface area (Å²) in [5.41, 5.74) is 0. The first-order chi connectivity index (χ1) is 8.61. The maximum Gasteiger partial charge on any atom is 0.0695 e. The Balaban J connectivity index is 1.87. The van der Waals surface area contributed by atoms with E-state index in [4.69, 9.17) is 0 Å². The maximum atomic E-state index is 10.3. The van der Waals surface area contributed by atoms with Crippen LogP contribution in [0.25, 0.3) is 0 Å². The van der Waals surface area contributed by atoms with Gasteiger partial charge in [0.15, 0.2) is 0 Å². The van der Waals surface area contributed by atoms with Gasteiger partial charge < -0.3 is 5.11 Å². The van der Waals surface area contributed by atoms with E-state index in [2.05, 4.69) is 30.6 Å². The first-order valence-electron chi connectivity index (χ1n) is 7.78. The summed E-state index contributed by atoms with van der Waals surface area (Å²) in [5, 5.41) is 10.3. The monoisotopic (exact) mass is 254 g/mol. The molecular formula is C15H30N2O. The lowest BCUT2D eigenvalue weighted by atomic mass is 9.81. The normalized spacial score (nSPS) is 36.2. The summed E-state index contributed by atoms with van der Waals surface area (Å²) in [5.74, 6) is 0.835. The van der Waals surface area contributed by atoms with Crippen molar-refractivity contribution in [2.45, 2.75) is 64.6 Å². The van der Waals surface area contributed by atoms with Crippen LogP contribution in [-0.2, 0) is 0 Å². The van der Waals surface area contributed by atoms with Crippen molar-refractivity contribution in [1.82, 2.24) is 9.80 Å². The molecule has 1 aliphatic heterocycles. The van der Waals surface area contributed by atoms with E-state index in [0.717, 1.165) is 38.5 Å². The molecule has 0 amide bonds. The Morgan fingerprint density at radius 3 is 2.33 bits per heavy atom. The number of aliphatic hydroxyl groups is 1. The molecule has 18 heavy (non-hydrogen) atoms. The highest BCUT2D eigenvalue weighted by atomic mass is 16.3. The van der Waals surface area contributed by atoms with Crippen molar-refractivity contribution in [3.8, 4) is 0 Å². The molecule has 1 saturated heterocycles. The molecule has 0 radical (unpaired) electrons. The number of nitrogens with zero attached hydrogens (tertiary/aromatic N) is 2. The zero-order valence-electron chi connectivity index (χ0n) is 12.3. The fraction of sp³-hybridized carbons (Fsp3) is 1.00. The molecule has 1 heterocycles. The van der Waals surface area contributed by atoms with E-state index in [1.54, 1.807) is 0 Å². The van der Waals surface area contributed by atoms with Gasteiger partial charge in [-0.15, -0.1) is 0 Å². The van der Waals surface area contributed by atoms with Crippen molar-refractivity contribution in [3.63, 3.8) is 0 Å². The molecule has 0 aromatic rings. The highest BCUT2D eigenvalue weighted by Gasteiger charge is 2.34. The molecule has 2 rings (SSSR count). The van der Waals surface area contributed by atoms with Gasteiger partial charge in [-0.2, -0.15) is 0 Å². The summed E-state index contributed by atoms with van der Waals surface area (Å²) in [4.78, 5) is 5.09. The average molecular weight is 254 g/mol. The van der Waals surface area contributed by atoms with Gasteiger partial charge >= 0.3 is 0 Å². The van der Waals surface area contributed by atoms with Gasteiger partial charge in [0.25, 0.3) is 0 Å². The summed E-state index contributed by atoms with van der Waals surface area (Å²) in [7, 11) is 0. The fourth-order valence-electron chi connectivity index (χ4n) is 3.56. The molecule has 3 nitrogen and oxygen atoms in total. The minimum absolute atomic E-state index is 0.0848. The van der Waals surface area contributed by atoms with Crippen molar-refractivity contribution in [3.05, 3.63) is 0 Å². The highest BCUT2D eigenvalue weighted by Crippen LogP contribution is 2.30. The number of rotatable bonds is 3. The van der Waals surface area contributed by atoms with Crippen LogP contribution in [0.15, 0.2) is 0 Å². The summed E-state index contributed by atoms with van der Waals surface area (Å²) in [6.07, 6.45) is 4.63. The lowest BCUT2D eigenvalue weighted by molar-refractivity contribution is -0.0213. The second kappa shape index (κ2) is 6.36. The molecule has 0 aromatic heterocycles. The molecule has 0 spiro atoms. The number of piperazine rings is 1. The first-order valence-corrected chi connectivity index (χ1v) is 7.78. The third-order valence-corrected chi connectivity index (χ3v) is 5.02. The van der Waals surface area contributed by atoms with Gasteiger partial charge in [0.05, 0.1) is 6.10 Å². The second-order valence-electron chi connectivity index (χ2n) is 6.39. The van der Waals surface area contributed by atoms with E-state index in [0.29, 0.717) is 12.1 Å². The van der Waals surface area contributed by atoms with Crippen LogP contribution in [0, 0.1) is 5.92 Å². The van der Waals surface area contributed by atoms with E-state index in [1.165, 1.54) is 19.3 Å². The summed E-state index contributed by atoms with van der Waals surface area (Å²) >= 11 is 0. The molecule has 0 bridgehead atoms. The average Bonchev–Trinajstić information content (AvgIpc) is 2.39. The Morgan fingerprint density at radius 1 is 1.11 bits per heavy atom. The van der Waals surface area contributed by atoms with Crippen LogP contribution < -0.4 is 0 Å². The third kappa shape index (κ3) is 3.25. The molecule has 1 saturated carbocycles. The predicted octanol–water partition coefficient (Wildman–Crippen LogP) is 1.95. The van der Waals surface area contributed by atoms with Crippen molar-refractivity contribution in [2.24, 2.45) is 5.92 Å². The molecule has 3 atom stereocenters. The Bertz CT molecular complexity index is 249. The molecule has 2 fully saturated rings. The maximum absolute atomic E-state index is 10.3. The lowest BCUT2D eigenvalue weighted by Crippen LogP contribution is -2.56. The van der Waals surface area contributed by atoms with Gasteiger partial charge in [0.1, 0.15) is 0 Å². The SMILES string of the molecule is CCC1CCC(O)C(N2CCN(C(C)C)CC2)C1. The van der Waals surface area contributed by atoms with Crippen LogP contribution >= 0.6 is 0 Å². The van der Waals surface area contributed by atoms with Gasteiger partial charge in [0, 0.05) is 38.3 Å². The molecule has 3 unspecified atom stereocenters. The molecule has 3 heteroatoms. The summed E-state index contributed by atoms with van der Waals surface area (Å²) in [6.45, 7) is 11.4. The Kier molecular flexibility index (Phi) is 5.05.